The Labute approximate surface area is 220 Å². The van der Waals surface area contributed by atoms with E-state index in [1.165, 1.54) is 25.4 Å². The Hall–Kier alpha value is -3.55. The fraction of sp³-hybridized carbons (Fsp3) is 0.542. The standard InChI is InChI=1S/C24H27F2N5O6S/c1-5-34-20(32)24(25,26)36-16-9-8-15(19-27-12-28-38-19)18-17(16)29-21(35-18)30-10-13-6-7-14(11-30)31(13)22(33)37-23(2,3)4/h8-9,12-14H,5-7,10-11H2,1-4H3. The Morgan fingerprint density at radius 2 is 1.89 bits per heavy atom. The Bertz CT molecular complexity index is 1330. The van der Waals surface area contributed by atoms with Gasteiger partial charge in [-0.3, -0.25) is 4.90 Å². The highest BCUT2D eigenvalue weighted by atomic mass is 32.1. The molecule has 1 aromatic carbocycles. The molecule has 4 heterocycles. The number of carbonyl (C=O) groups excluding carboxylic acids is 2. The van der Waals surface area contributed by atoms with Crippen molar-refractivity contribution in [2.75, 3.05) is 24.6 Å². The highest BCUT2D eigenvalue weighted by Gasteiger charge is 2.47. The number of benzene rings is 1. The number of fused-ring (bicyclic) bond motifs is 3. The fourth-order valence-electron chi connectivity index (χ4n) is 4.72. The van der Waals surface area contributed by atoms with Crippen molar-refractivity contribution in [2.24, 2.45) is 0 Å². The van der Waals surface area contributed by atoms with Crippen molar-refractivity contribution in [3.05, 3.63) is 18.5 Å². The second-order valence-corrected chi connectivity index (χ2v) is 10.8. The summed E-state index contributed by atoms with van der Waals surface area (Å²) in [5, 5.41) is 0.496. The van der Waals surface area contributed by atoms with Crippen LogP contribution in [-0.2, 0) is 14.3 Å². The lowest BCUT2D eigenvalue weighted by molar-refractivity contribution is -0.216. The summed E-state index contributed by atoms with van der Waals surface area (Å²) in [7, 11) is 0. The van der Waals surface area contributed by atoms with Crippen molar-refractivity contribution in [1.82, 2.24) is 19.2 Å². The molecule has 2 saturated heterocycles. The van der Waals surface area contributed by atoms with E-state index in [1.807, 2.05) is 25.7 Å². The number of esters is 1. The van der Waals surface area contributed by atoms with E-state index in [9.17, 15) is 18.4 Å². The third-order valence-electron chi connectivity index (χ3n) is 6.20. The van der Waals surface area contributed by atoms with E-state index >= 15 is 0 Å². The molecule has 204 valence electrons. The van der Waals surface area contributed by atoms with E-state index < -0.39 is 17.7 Å². The molecule has 0 saturated carbocycles. The number of alkyl halides is 2. The molecule has 2 aliphatic heterocycles. The summed E-state index contributed by atoms with van der Waals surface area (Å²) in [6, 6.07) is 2.72. The zero-order valence-electron chi connectivity index (χ0n) is 21.3. The molecule has 14 heteroatoms. The molecule has 1 amide bonds. The largest absolute Gasteiger partial charge is 0.502 e. The first-order chi connectivity index (χ1) is 18.0. The monoisotopic (exact) mass is 551 g/mol. The molecule has 3 aromatic rings. The molecule has 38 heavy (non-hydrogen) atoms. The summed E-state index contributed by atoms with van der Waals surface area (Å²) < 4.78 is 53.9. The van der Waals surface area contributed by atoms with Gasteiger partial charge in [0.2, 0.25) is 0 Å². The number of anilines is 1. The maximum atomic E-state index is 14.5. The molecule has 0 spiro atoms. The molecular formula is C24H27F2N5O6S. The number of hydrogen-bond acceptors (Lipinski definition) is 11. The van der Waals surface area contributed by atoms with Gasteiger partial charge in [-0.15, -0.1) is 0 Å². The van der Waals surface area contributed by atoms with E-state index in [4.69, 9.17) is 13.9 Å². The molecule has 2 bridgehead atoms. The highest BCUT2D eigenvalue weighted by molar-refractivity contribution is 7.09. The normalized spacial score (nSPS) is 19.6. The number of piperazine rings is 1. The van der Waals surface area contributed by atoms with Gasteiger partial charge in [-0.2, -0.15) is 18.1 Å². The topological polar surface area (TPSA) is 120 Å². The maximum absolute atomic E-state index is 14.5. The number of halogens is 2. The first-order valence-corrected chi connectivity index (χ1v) is 12.9. The summed E-state index contributed by atoms with van der Waals surface area (Å²) in [6.07, 6.45) is -1.65. The summed E-state index contributed by atoms with van der Waals surface area (Å²) in [5.41, 5.74) is 0.0367. The predicted molar refractivity (Wildman–Crippen MR) is 132 cm³/mol. The first-order valence-electron chi connectivity index (χ1n) is 12.2. The zero-order valence-corrected chi connectivity index (χ0v) is 22.1. The number of amides is 1. The van der Waals surface area contributed by atoms with Gasteiger partial charge in [0.1, 0.15) is 16.9 Å². The number of nitrogens with zero attached hydrogens (tertiary/aromatic N) is 5. The molecule has 2 aliphatic rings. The van der Waals surface area contributed by atoms with Crippen molar-refractivity contribution in [3.63, 3.8) is 0 Å². The Morgan fingerprint density at radius 1 is 1.18 bits per heavy atom. The van der Waals surface area contributed by atoms with Crippen LogP contribution in [0.1, 0.15) is 40.5 Å². The van der Waals surface area contributed by atoms with Crippen molar-refractivity contribution >= 4 is 40.7 Å². The van der Waals surface area contributed by atoms with E-state index in [2.05, 4.69) is 19.1 Å². The highest BCUT2D eigenvalue weighted by Crippen LogP contribution is 2.41. The fourth-order valence-corrected chi connectivity index (χ4v) is 5.26. The molecule has 0 N–H and O–H groups in total. The lowest BCUT2D eigenvalue weighted by Crippen LogP contribution is -2.56. The lowest BCUT2D eigenvalue weighted by atomic mass is 10.2. The number of oxazole rings is 1. The van der Waals surface area contributed by atoms with Crippen molar-refractivity contribution in [1.29, 1.82) is 0 Å². The Kier molecular flexibility index (Phi) is 6.61. The van der Waals surface area contributed by atoms with Crippen molar-refractivity contribution in [3.8, 4) is 16.3 Å². The van der Waals surface area contributed by atoms with Gasteiger partial charge in [-0.25, -0.2) is 14.6 Å². The minimum Gasteiger partial charge on any atom is -0.459 e. The van der Waals surface area contributed by atoms with Gasteiger partial charge in [0.25, 0.3) is 6.01 Å². The molecule has 5 rings (SSSR count). The average molecular weight is 552 g/mol. The molecule has 2 unspecified atom stereocenters. The van der Waals surface area contributed by atoms with Crippen LogP contribution in [-0.4, -0.2) is 74.8 Å². The number of hydrogen-bond donors (Lipinski definition) is 0. The molecule has 0 aliphatic carbocycles. The Morgan fingerprint density at radius 3 is 2.50 bits per heavy atom. The number of ether oxygens (including phenoxy) is 3. The summed E-state index contributed by atoms with van der Waals surface area (Å²) in [5.74, 6) is -2.16. The summed E-state index contributed by atoms with van der Waals surface area (Å²) in [6.45, 7) is 7.50. The van der Waals surface area contributed by atoms with Crippen molar-refractivity contribution in [2.45, 2.75) is 64.3 Å². The van der Waals surface area contributed by atoms with Crippen molar-refractivity contribution < 1.29 is 37.0 Å². The second-order valence-electron chi connectivity index (χ2n) is 10.0. The molecule has 2 atom stereocenters. The molecule has 11 nitrogen and oxygen atoms in total. The third-order valence-corrected chi connectivity index (χ3v) is 6.89. The van der Waals surface area contributed by atoms with Crippen LogP contribution in [0.3, 0.4) is 0 Å². The van der Waals surface area contributed by atoms with Crippen LogP contribution in [0.4, 0.5) is 19.6 Å². The second kappa shape index (κ2) is 9.64. The molecule has 2 aromatic heterocycles. The van der Waals surface area contributed by atoms with Gasteiger partial charge in [-0.05, 0) is 64.2 Å². The molecule has 0 radical (unpaired) electrons. The van der Waals surface area contributed by atoms with Crippen LogP contribution in [0.2, 0.25) is 0 Å². The molecular weight excluding hydrogens is 524 g/mol. The van der Waals surface area contributed by atoms with E-state index in [0.29, 0.717) is 23.7 Å². The van der Waals surface area contributed by atoms with Crippen LogP contribution >= 0.6 is 11.5 Å². The smallest absolute Gasteiger partial charge is 0.459 e. The SMILES string of the molecule is CCOC(=O)C(F)(F)Oc1ccc(-c2ncns2)c2oc(N3CC4CCC(C3)N4C(=O)OC(C)(C)C)nc12. The maximum Gasteiger partial charge on any atom is 0.502 e. The zero-order chi connectivity index (χ0) is 27.2. The van der Waals surface area contributed by atoms with Gasteiger partial charge in [0.05, 0.1) is 24.3 Å². The van der Waals surface area contributed by atoms with Gasteiger partial charge in [0, 0.05) is 13.1 Å². The number of aromatic nitrogens is 3. The van der Waals surface area contributed by atoms with Crippen LogP contribution in [0, 0.1) is 0 Å². The average Bonchev–Trinajstić information content (AvgIpc) is 3.57. The summed E-state index contributed by atoms with van der Waals surface area (Å²) in [4.78, 5) is 36.9. The summed E-state index contributed by atoms with van der Waals surface area (Å²) >= 11 is 1.10. The van der Waals surface area contributed by atoms with Crippen LogP contribution in [0.5, 0.6) is 5.75 Å². The van der Waals surface area contributed by atoms with Gasteiger partial charge in [-0.1, -0.05) is 0 Å². The van der Waals surface area contributed by atoms with Crippen LogP contribution in [0.25, 0.3) is 21.7 Å². The van der Waals surface area contributed by atoms with Crippen LogP contribution < -0.4 is 9.64 Å². The van der Waals surface area contributed by atoms with Gasteiger partial charge < -0.3 is 23.5 Å². The lowest BCUT2D eigenvalue weighted by Gasteiger charge is -2.40. The first kappa shape index (κ1) is 26.1. The minimum atomic E-state index is -4.23. The number of rotatable bonds is 6. The Balaban J connectivity index is 1.47. The molecule has 2 fully saturated rings. The van der Waals surface area contributed by atoms with E-state index in [1.54, 1.807) is 4.90 Å². The van der Waals surface area contributed by atoms with Gasteiger partial charge in [0.15, 0.2) is 16.8 Å². The van der Waals surface area contributed by atoms with E-state index in [-0.39, 0.29) is 47.6 Å². The van der Waals surface area contributed by atoms with Gasteiger partial charge >= 0.3 is 18.2 Å². The number of carbonyl (C=O) groups is 2. The predicted octanol–water partition coefficient (Wildman–Crippen LogP) is 4.47. The minimum absolute atomic E-state index is 0.00130. The van der Waals surface area contributed by atoms with Crippen LogP contribution in [0.15, 0.2) is 22.9 Å². The van der Waals surface area contributed by atoms with E-state index in [0.717, 1.165) is 24.4 Å². The quantitative estimate of drug-likeness (QED) is 0.406. The third kappa shape index (κ3) is 4.96.